The lowest BCUT2D eigenvalue weighted by atomic mass is 9.76. The van der Waals surface area contributed by atoms with Gasteiger partial charge in [0, 0.05) is 6.42 Å². The highest BCUT2D eigenvalue weighted by Gasteiger charge is 2.25. The predicted octanol–water partition coefficient (Wildman–Crippen LogP) is 2.61. The molecule has 0 saturated heterocycles. The maximum atomic E-state index is 11.4. The molecule has 0 amide bonds. The normalized spacial score (nSPS) is 11.8. The lowest BCUT2D eigenvalue weighted by Crippen LogP contribution is -2.24. The van der Waals surface area contributed by atoms with Gasteiger partial charge in [0.15, 0.2) is 0 Å². The third-order valence-electron chi connectivity index (χ3n) is 2.66. The van der Waals surface area contributed by atoms with Gasteiger partial charge < -0.3 is 0 Å². The molecule has 0 spiro atoms. The molecule has 0 atom stereocenters. The molecule has 0 radical (unpaired) electrons. The second-order valence-corrected chi connectivity index (χ2v) is 4.74. The first kappa shape index (κ1) is 12.3. The van der Waals surface area contributed by atoms with Crippen LogP contribution in [0.4, 0.5) is 0 Å². The molecule has 0 N–H and O–H groups in total. The Balaban J connectivity index is 4.12. The van der Waals surface area contributed by atoms with Crippen LogP contribution in [0.5, 0.6) is 0 Å². The summed E-state index contributed by atoms with van der Waals surface area (Å²) in [5.41, 5.74) is 0.00648. The fourth-order valence-electron chi connectivity index (χ4n) is 1.05. The maximum Gasteiger partial charge on any atom is 0.140 e. The summed E-state index contributed by atoms with van der Waals surface area (Å²) in [6.07, 6.45) is 0.598. The summed E-state index contributed by atoms with van der Waals surface area (Å²) in [5.74, 6) is 0.485. The molecule has 2 heteroatoms. The van der Waals surface area contributed by atoms with Crippen LogP contribution in [0.2, 0.25) is 0 Å². The predicted molar refractivity (Wildman–Crippen MR) is 53.5 cm³/mol. The number of hydrogen-bond donors (Lipinski definition) is 0. The zero-order valence-corrected chi connectivity index (χ0v) is 9.31. The number of carbonyl (C=O) groups excluding carboxylic acids is 2. The van der Waals surface area contributed by atoms with Crippen LogP contribution in [-0.4, -0.2) is 11.6 Å². The van der Waals surface area contributed by atoms with E-state index >= 15 is 0 Å². The minimum absolute atomic E-state index is 0.00648. The standard InChI is InChI=1S/C11H20O2/c1-8(2)11(4,5)7-10(13)6-9(3)12/h8H,6-7H2,1-5H3. The fourth-order valence-corrected chi connectivity index (χ4v) is 1.05. The second kappa shape index (κ2) is 4.54. The summed E-state index contributed by atoms with van der Waals surface area (Å²) in [6, 6.07) is 0. The van der Waals surface area contributed by atoms with Gasteiger partial charge in [-0.25, -0.2) is 0 Å². The Morgan fingerprint density at radius 3 is 2.00 bits per heavy atom. The molecule has 13 heavy (non-hydrogen) atoms. The van der Waals surface area contributed by atoms with E-state index in [0.717, 1.165) is 0 Å². The summed E-state index contributed by atoms with van der Waals surface area (Å²) in [6.45, 7) is 9.79. The first-order valence-electron chi connectivity index (χ1n) is 4.77. The van der Waals surface area contributed by atoms with E-state index < -0.39 is 0 Å². The highest BCUT2D eigenvalue weighted by molar-refractivity contribution is 5.98. The van der Waals surface area contributed by atoms with E-state index in [1.165, 1.54) is 6.92 Å². The molecule has 0 aliphatic heterocycles. The largest absolute Gasteiger partial charge is 0.300 e. The maximum absolute atomic E-state index is 11.4. The third kappa shape index (κ3) is 4.81. The van der Waals surface area contributed by atoms with Crippen molar-refractivity contribution in [1.82, 2.24) is 0 Å². The van der Waals surface area contributed by atoms with Crippen molar-refractivity contribution < 1.29 is 9.59 Å². The zero-order chi connectivity index (χ0) is 10.6. The van der Waals surface area contributed by atoms with Crippen LogP contribution in [-0.2, 0) is 9.59 Å². The van der Waals surface area contributed by atoms with Gasteiger partial charge in [0.25, 0.3) is 0 Å². The van der Waals surface area contributed by atoms with Gasteiger partial charge in [-0.2, -0.15) is 0 Å². The summed E-state index contributed by atoms with van der Waals surface area (Å²) >= 11 is 0. The van der Waals surface area contributed by atoms with Crippen molar-refractivity contribution in [1.29, 1.82) is 0 Å². The number of hydrogen-bond acceptors (Lipinski definition) is 2. The quantitative estimate of drug-likeness (QED) is 0.615. The number of Topliss-reactive ketones (excluding diaryl/α,β-unsaturated/α-hetero) is 2. The van der Waals surface area contributed by atoms with E-state index in [2.05, 4.69) is 27.7 Å². The molecule has 0 heterocycles. The average Bonchev–Trinajstić information content (AvgIpc) is 1.82. The molecule has 0 saturated carbocycles. The molecule has 0 bridgehead atoms. The van der Waals surface area contributed by atoms with Crippen LogP contribution in [0, 0.1) is 11.3 Å². The molecule has 0 aromatic heterocycles. The van der Waals surface area contributed by atoms with Crippen molar-refractivity contribution in [2.45, 2.75) is 47.5 Å². The smallest absolute Gasteiger partial charge is 0.140 e. The van der Waals surface area contributed by atoms with E-state index in [1.807, 2.05) is 0 Å². The number of ketones is 2. The summed E-state index contributed by atoms with van der Waals surface area (Å²) in [5, 5.41) is 0. The fraction of sp³-hybridized carbons (Fsp3) is 0.818. The summed E-state index contributed by atoms with van der Waals surface area (Å²) < 4.78 is 0. The Labute approximate surface area is 80.7 Å². The Kier molecular flexibility index (Phi) is 4.31. The van der Waals surface area contributed by atoms with E-state index in [4.69, 9.17) is 0 Å². The highest BCUT2D eigenvalue weighted by Crippen LogP contribution is 2.30. The molecular weight excluding hydrogens is 164 g/mol. The van der Waals surface area contributed by atoms with Gasteiger partial charge in [-0.05, 0) is 18.3 Å². The van der Waals surface area contributed by atoms with E-state index in [-0.39, 0.29) is 23.4 Å². The van der Waals surface area contributed by atoms with Crippen LogP contribution in [0.3, 0.4) is 0 Å². The first-order chi connectivity index (χ1) is 5.75. The second-order valence-electron chi connectivity index (χ2n) is 4.74. The van der Waals surface area contributed by atoms with Crippen molar-refractivity contribution in [2.75, 3.05) is 0 Å². The van der Waals surface area contributed by atoms with E-state index in [1.54, 1.807) is 0 Å². The Hall–Kier alpha value is -0.660. The molecule has 76 valence electrons. The van der Waals surface area contributed by atoms with Gasteiger partial charge in [0.1, 0.15) is 11.6 Å². The van der Waals surface area contributed by atoms with E-state index in [0.29, 0.717) is 12.3 Å². The van der Waals surface area contributed by atoms with Crippen molar-refractivity contribution in [2.24, 2.45) is 11.3 Å². The van der Waals surface area contributed by atoms with Gasteiger partial charge in [0.2, 0.25) is 0 Å². The van der Waals surface area contributed by atoms with Gasteiger partial charge in [-0.1, -0.05) is 27.7 Å². The SMILES string of the molecule is CC(=O)CC(=O)CC(C)(C)C(C)C. The monoisotopic (exact) mass is 184 g/mol. The molecule has 0 fully saturated rings. The van der Waals surface area contributed by atoms with Crippen molar-refractivity contribution in [3.05, 3.63) is 0 Å². The van der Waals surface area contributed by atoms with Gasteiger partial charge in [-0.15, -0.1) is 0 Å². The molecular formula is C11H20O2. The third-order valence-corrected chi connectivity index (χ3v) is 2.66. The van der Waals surface area contributed by atoms with Gasteiger partial charge >= 0.3 is 0 Å². The Morgan fingerprint density at radius 2 is 1.69 bits per heavy atom. The first-order valence-corrected chi connectivity index (χ1v) is 4.77. The summed E-state index contributed by atoms with van der Waals surface area (Å²) in [7, 11) is 0. The van der Waals surface area contributed by atoms with Crippen LogP contribution in [0.15, 0.2) is 0 Å². The molecule has 0 unspecified atom stereocenters. The average molecular weight is 184 g/mol. The molecule has 0 aliphatic rings. The van der Waals surface area contributed by atoms with Crippen molar-refractivity contribution in [3.8, 4) is 0 Å². The molecule has 0 rings (SSSR count). The Morgan fingerprint density at radius 1 is 1.23 bits per heavy atom. The molecule has 0 aromatic carbocycles. The summed E-state index contributed by atoms with van der Waals surface area (Å²) in [4.78, 5) is 22.0. The molecule has 0 aromatic rings. The van der Waals surface area contributed by atoms with Crippen LogP contribution in [0.25, 0.3) is 0 Å². The van der Waals surface area contributed by atoms with Crippen molar-refractivity contribution in [3.63, 3.8) is 0 Å². The minimum Gasteiger partial charge on any atom is -0.300 e. The Bertz CT molecular complexity index is 202. The minimum atomic E-state index is -0.0374. The number of carbonyl (C=O) groups is 2. The van der Waals surface area contributed by atoms with Crippen LogP contribution < -0.4 is 0 Å². The van der Waals surface area contributed by atoms with E-state index in [9.17, 15) is 9.59 Å². The van der Waals surface area contributed by atoms with Crippen molar-refractivity contribution >= 4 is 11.6 Å². The zero-order valence-electron chi connectivity index (χ0n) is 9.31. The van der Waals surface area contributed by atoms with Crippen LogP contribution >= 0.6 is 0 Å². The van der Waals surface area contributed by atoms with Gasteiger partial charge in [-0.3, -0.25) is 9.59 Å². The molecule has 2 nitrogen and oxygen atoms in total. The highest BCUT2D eigenvalue weighted by atomic mass is 16.1. The topological polar surface area (TPSA) is 34.1 Å². The lowest BCUT2D eigenvalue weighted by Gasteiger charge is -2.28. The van der Waals surface area contributed by atoms with Gasteiger partial charge in [0.05, 0.1) is 6.42 Å². The van der Waals surface area contributed by atoms with Crippen LogP contribution in [0.1, 0.15) is 47.5 Å². The number of rotatable bonds is 5. The molecule has 0 aliphatic carbocycles. The lowest BCUT2D eigenvalue weighted by molar-refractivity contribution is -0.127.